The molecule has 11 nitrogen and oxygen atoms in total. The molecule has 0 spiro atoms. The second kappa shape index (κ2) is 33.6. The largest absolute Gasteiger partial charge is 0.756 e. The second-order valence-electron chi connectivity index (χ2n) is 16.5. The maximum Gasteiger partial charge on any atom is 0.306 e. The number of esters is 2. The third kappa shape index (κ3) is 30.1. The summed E-state index contributed by atoms with van der Waals surface area (Å²) < 4.78 is 40.1. The third-order valence-corrected chi connectivity index (χ3v) is 10.8. The summed E-state index contributed by atoms with van der Waals surface area (Å²) in [6.45, 7) is 8.13. The highest BCUT2D eigenvalue weighted by atomic mass is 31.2. The summed E-state index contributed by atoms with van der Waals surface area (Å²) >= 11 is 0. The number of ether oxygens (including phenoxy) is 2. The van der Waals surface area contributed by atoms with Crippen molar-refractivity contribution >= 4 is 19.8 Å². The van der Waals surface area contributed by atoms with Crippen LogP contribution >= 0.6 is 7.82 Å². The predicted octanol–water partition coefficient (Wildman–Crippen LogP) is 10.5. The first-order chi connectivity index (χ1) is 28.7. The number of aryl methyl sites for hydroxylation is 2. The molecule has 0 aliphatic carbocycles. The van der Waals surface area contributed by atoms with E-state index in [0.717, 1.165) is 75.7 Å². The van der Waals surface area contributed by atoms with Crippen LogP contribution < -0.4 is 4.89 Å². The Morgan fingerprint density at radius 3 is 2.02 bits per heavy atom. The Hall–Kier alpha value is -3.05. The topological polar surface area (TPSA) is 145 Å². The summed E-state index contributed by atoms with van der Waals surface area (Å²) in [5, 5.41) is 9.78. The average Bonchev–Trinajstić information content (AvgIpc) is 3.46. The fourth-order valence-corrected chi connectivity index (χ4v) is 6.73. The van der Waals surface area contributed by atoms with Gasteiger partial charge in [-0.1, -0.05) is 113 Å². The summed E-state index contributed by atoms with van der Waals surface area (Å²) in [6.07, 6.45) is 34.3. The number of unbranched alkanes of at least 4 members (excludes halogenated alkanes) is 8. The van der Waals surface area contributed by atoms with E-state index in [-0.39, 0.29) is 26.1 Å². The van der Waals surface area contributed by atoms with Gasteiger partial charge in [0.25, 0.3) is 7.82 Å². The molecule has 0 fully saturated rings. The number of carbonyl (C=O) groups excluding carboxylic acids is 2. The van der Waals surface area contributed by atoms with Crippen LogP contribution in [0.3, 0.4) is 0 Å². The highest BCUT2D eigenvalue weighted by Gasteiger charge is 2.22. The van der Waals surface area contributed by atoms with Gasteiger partial charge in [-0.3, -0.25) is 14.2 Å². The number of rotatable bonds is 36. The van der Waals surface area contributed by atoms with Crippen molar-refractivity contribution < 1.29 is 51.6 Å². The highest BCUT2D eigenvalue weighted by molar-refractivity contribution is 7.45. The number of furan rings is 1. The Morgan fingerprint density at radius 1 is 0.750 bits per heavy atom. The van der Waals surface area contributed by atoms with Crippen LogP contribution in [0.4, 0.5) is 0 Å². The Labute approximate surface area is 363 Å². The molecular formula is C48H80NO10P. The van der Waals surface area contributed by atoms with Gasteiger partial charge >= 0.3 is 11.9 Å². The number of phosphoric ester groups is 1. The number of aliphatic hydroxyl groups excluding tert-OH is 1. The van der Waals surface area contributed by atoms with Crippen molar-refractivity contribution in [1.82, 2.24) is 0 Å². The smallest absolute Gasteiger partial charge is 0.306 e. The minimum absolute atomic E-state index is 0.0604. The molecule has 1 N–H and O–H groups in total. The SMILES string of the molecule is CC/C=C\C(O)C/C=C/C=C\C/C=C\C/C=C\CCCC(=O)O[C@H](COC(=O)CCCCCCCCc1oc(CCCCC)c(C)c1C)COP(=O)([O-])OCC[N+](C)(C)C. The van der Waals surface area contributed by atoms with E-state index < -0.39 is 38.6 Å². The summed E-state index contributed by atoms with van der Waals surface area (Å²) in [7, 11) is 1.07. The van der Waals surface area contributed by atoms with Gasteiger partial charge in [0.2, 0.25) is 0 Å². The van der Waals surface area contributed by atoms with Crippen LogP contribution in [0.25, 0.3) is 0 Å². The van der Waals surface area contributed by atoms with Crippen molar-refractivity contribution in [3.8, 4) is 0 Å². The van der Waals surface area contributed by atoms with E-state index in [1.54, 1.807) is 0 Å². The Morgan fingerprint density at radius 2 is 1.35 bits per heavy atom. The number of aliphatic hydroxyl groups is 1. The zero-order valence-electron chi connectivity index (χ0n) is 38.2. The van der Waals surface area contributed by atoms with E-state index in [0.29, 0.717) is 36.7 Å². The van der Waals surface area contributed by atoms with Crippen molar-refractivity contribution in [3.63, 3.8) is 0 Å². The van der Waals surface area contributed by atoms with Gasteiger partial charge in [-0.15, -0.1) is 0 Å². The zero-order valence-corrected chi connectivity index (χ0v) is 39.1. The molecule has 1 rings (SSSR count). The van der Waals surface area contributed by atoms with Gasteiger partial charge < -0.3 is 37.4 Å². The molecule has 0 aromatic carbocycles. The Bertz CT molecular complexity index is 1500. The molecule has 1 aromatic heterocycles. The third-order valence-electron chi connectivity index (χ3n) is 9.83. The quantitative estimate of drug-likeness (QED) is 0.0173. The molecule has 0 saturated carbocycles. The number of likely N-dealkylation sites (N-methyl/N-ethyl adjacent to an activating group) is 1. The average molecular weight is 862 g/mol. The lowest BCUT2D eigenvalue weighted by Crippen LogP contribution is -2.37. The standard InChI is InChI=1S/C48H80NO10P/c1-8-10-26-33-45-41(3)42(4)46(59-45)34-28-23-20-21-24-29-35-47(51)55-39-44(40-57-60(53,54)56-38-37-49(5,6)7)58-48(52)36-30-25-19-17-15-13-12-14-16-18-22-27-32-43(50)31-11-9-2/h11-13,16-19,22,27,31,43-44,50H,8-10,14-15,20-21,23-26,28-30,32-40H2,1-7H3/b13-12-,18-16-,19-17-,27-22+,31-11-/t43?,44-/m1/s1. The molecule has 0 bridgehead atoms. The summed E-state index contributed by atoms with van der Waals surface area (Å²) in [5.74, 6) is 1.30. The van der Waals surface area contributed by atoms with Crippen LogP contribution in [0.5, 0.6) is 0 Å². The van der Waals surface area contributed by atoms with Crippen molar-refractivity contribution in [2.75, 3.05) is 47.5 Å². The van der Waals surface area contributed by atoms with Gasteiger partial charge in [0.1, 0.15) is 31.3 Å². The fraction of sp³-hybridized carbons (Fsp3) is 0.667. The summed E-state index contributed by atoms with van der Waals surface area (Å²) in [5.41, 5.74) is 2.59. The van der Waals surface area contributed by atoms with Crippen LogP contribution in [0.2, 0.25) is 0 Å². The van der Waals surface area contributed by atoms with Crippen LogP contribution in [-0.2, 0) is 45.5 Å². The second-order valence-corrected chi connectivity index (χ2v) is 17.9. The first-order valence-corrected chi connectivity index (χ1v) is 23.9. The molecule has 0 aliphatic heterocycles. The van der Waals surface area contributed by atoms with Crippen molar-refractivity contribution in [2.24, 2.45) is 0 Å². The molecular weight excluding hydrogens is 781 g/mol. The van der Waals surface area contributed by atoms with Gasteiger partial charge in [-0.25, -0.2) is 0 Å². The monoisotopic (exact) mass is 862 g/mol. The molecule has 0 radical (unpaired) electrons. The zero-order chi connectivity index (χ0) is 44.5. The van der Waals surface area contributed by atoms with Crippen molar-refractivity contribution in [3.05, 3.63) is 83.4 Å². The number of hydrogen-bond acceptors (Lipinski definition) is 10. The molecule has 0 aliphatic rings. The first-order valence-electron chi connectivity index (χ1n) is 22.5. The molecule has 3 atom stereocenters. The van der Waals surface area contributed by atoms with Crippen LogP contribution in [0.1, 0.15) is 146 Å². The molecule has 12 heteroatoms. The molecule has 342 valence electrons. The van der Waals surface area contributed by atoms with Gasteiger partial charge in [-0.05, 0) is 82.8 Å². The Balaban J connectivity index is 2.44. The maximum atomic E-state index is 12.7. The summed E-state index contributed by atoms with van der Waals surface area (Å²) in [4.78, 5) is 37.7. The maximum absolute atomic E-state index is 12.7. The van der Waals surface area contributed by atoms with Gasteiger partial charge in [0.05, 0.1) is 33.9 Å². The summed E-state index contributed by atoms with van der Waals surface area (Å²) in [6, 6.07) is 0. The Kier molecular flexibility index (Phi) is 30.7. The van der Waals surface area contributed by atoms with Crippen LogP contribution in [0, 0.1) is 13.8 Å². The highest BCUT2D eigenvalue weighted by Crippen LogP contribution is 2.38. The van der Waals surface area contributed by atoms with E-state index in [2.05, 4.69) is 32.9 Å². The number of carbonyl (C=O) groups is 2. The van der Waals surface area contributed by atoms with Gasteiger partial charge in [0.15, 0.2) is 6.10 Å². The molecule has 0 saturated heterocycles. The van der Waals surface area contributed by atoms with Gasteiger partial charge in [-0.2, -0.15) is 0 Å². The number of hydrogen-bond donors (Lipinski definition) is 1. The minimum Gasteiger partial charge on any atom is -0.756 e. The first kappa shape index (κ1) is 55.0. The van der Waals surface area contributed by atoms with E-state index in [1.165, 1.54) is 30.4 Å². The van der Waals surface area contributed by atoms with Crippen LogP contribution in [-0.4, -0.2) is 81.2 Å². The van der Waals surface area contributed by atoms with Crippen molar-refractivity contribution in [2.45, 2.75) is 162 Å². The number of phosphoric acid groups is 1. The normalized spacial score (nSPS) is 14.6. The minimum atomic E-state index is -4.67. The molecule has 0 amide bonds. The molecule has 2 unspecified atom stereocenters. The van der Waals surface area contributed by atoms with E-state index in [1.807, 2.05) is 76.7 Å². The lowest BCUT2D eigenvalue weighted by molar-refractivity contribution is -0.870. The lowest BCUT2D eigenvalue weighted by atomic mass is 10.0. The van der Waals surface area contributed by atoms with Crippen molar-refractivity contribution in [1.29, 1.82) is 0 Å². The van der Waals surface area contributed by atoms with Crippen LogP contribution in [0.15, 0.2) is 65.2 Å². The molecule has 1 aromatic rings. The molecule has 60 heavy (non-hydrogen) atoms. The van der Waals surface area contributed by atoms with E-state index >= 15 is 0 Å². The number of quaternary nitrogens is 1. The van der Waals surface area contributed by atoms with E-state index in [9.17, 15) is 24.2 Å². The lowest BCUT2D eigenvalue weighted by Gasteiger charge is -2.28. The van der Waals surface area contributed by atoms with Gasteiger partial charge in [0, 0.05) is 25.7 Å². The predicted molar refractivity (Wildman–Crippen MR) is 240 cm³/mol. The fourth-order valence-electron chi connectivity index (χ4n) is 6.01. The number of allylic oxidation sites excluding steroid dienone is 8. The van der Waals surface area contributed by atoms with E-state index in [4.69, 9.17) is 22.9 Å². The molecule has 1 heterocycles. The number of nitrogens with zero attached hydrogens (tertiary/aromatic N) is 1.